The van der Waals surface area contributed by atoms with Crippen LogP contribution < -0.4 is 4.74 Å². The Hall–Kier alpha value is -1.13. The summed E-state index contributed by atoms with van der Waals surface area (Å²) in [5.74, 6) is 0.384. The van der Waals surface area contributed by atoms with Gasteiger partial charge in [-0.2, -0.15) is 0 Å². The largest absolute Gasteiger partial charge is 0.492 e. The lowest BCUT2D eigenvalue weighted by Gasteiger charge is -2.26. The summed E-state index contributed by atoms with van der Waals surface area (Å²) in [4.78, 5) is 2.29. The minimum Gasteiger partial charge on any atom is -0.492 e. The maximum atomic E-state index is 13.0. The Morgan fingerprint density at radius 1 is 1.35 bits per heavy atom. The molecule has 1 saturated heterocycles. The number of benzene rings is 1. The third-order valence-electron chi connectivity index (χ3n) is 2.92. The van der Waals surface area contributed by atoms with Crippen molar-refractivity contribution in [2.45, 2.75) is 6.92 Å². The van der Waals surface area contributed by atoms with E-state index in [9.17, 15) is 4.39 Å². The highest BCUT2D eigenvalue weighted by molar-refractivity contribution is 5.32. The summed E-state index contributed by atoms with van der Waals surface area (Å²) >= 11 is 0. The SMILES string of the molecule is Cc1ccc(F)cc1OCCN1CCOCC1. The van der Waals surface area contributed by atoms with Crippen LogP contribution in [0.5, 0.6) is 5.75 Å². The van der Waals surface area contributed by atoms with E-state index in [4.69, 9.17) is 9.47 Å². The van der Waals surface area contributed by atoms with E-state index in [0.29, 0.717) is 12.4 Å². The summed E-state index contributed by atoms with van der Waals surface area (Å²) in [5, 5.41) is 0. The van der Waals surface area contributed by atoms with Crippen molar-refractivity contribution in [2.24, 2.45) is 0 Å². The Labute approximate surface area is 101 Å². The zero-order chi connectivity index (χ0) is 12.1. The van der Waals surface area contributed by atoms with E-state index in [2.05, 4.69) is 4.90 Å². The predicted molar refractivity (Wildman–Crippen MR) is 63.9 cm³/mol. The van der Waals surface area contributed by atoms with Gasteiger partial charge in [0.1, 0.15) is 18.2 Å². The summed E-state index contributed by atoms with van der Waals surface area (Å²) in [5.41, 5.74) is 0.966. The molecule has 1 fully saturated rings. The number of hydrogen-bond donors (Lipinski definition) is 0. The number of hydrogen-bond acceptors (Lipinski definition) is 3. The Balaban J connectivity index is 1.79. The van der Waals surface area contributed by atoms with E-state index >= 15 is 0 Å². The van der Waals surface area contributed by atoms with Crippen molar-refractivity contribution in [3.8, 4) is 5.75 Å². The number of ether oxygens (including phenoxy) is 2. The summed E-state index contributed by atoms with van der Waals surface area (Å²) < 4.78 is 23.9. The van der Waals surface area contributed by atoms with Crippen molar-refractivity contribution in [3.63, 3.8) is 0 Å². The highest BCUT2D eigenvalue weighted by Gasteiger charge is 2.10. The lowest BCUT2D eigenvalue weighted by molar-refractivity contribution is 0.0322. The van der Waals surface area contributed by atoms with Crippen molar-refractivity contribution in [3.05, 3.63) is 29.6 Å². The van der Waals surface area contributed by atoms with Crippen LogP contribution in [0.3, 0.4) is 0 Å². The second-order valence-electron chi connectivity index (χ2n) is 4.21. The number of rotatable bonds is 4. The second kappa shape index (κ2) is 5.98. The summed E-state index contributed by atoms with van der Waals surface area (Å²) in [6.07, 6.45) is 0. The molecule has 1 heterocycles. The smallest absolute Gasteiger partial charge is 0.126 e. The molecule has 0 radical (unpaired) electrons. The van der Waals surface area contributed by atoms with E-state index in [1.54, 1.807) is 6.07 Å². The van der Waals surface area contributed by atoms with Gasteiger partial charge in [-0.25, -0.2) is 4.39 Å². The van der Waals surface area contributed by atoms with Gasteiger partial charge in [-0.3, -0.25) is 4.90 Å². The number of aryl methyl sites for hydroxylation is 1. The molecule has 1 aliphatic heterocycles. The van der Waals surface area contributed by atoms with Gasteiger partial charge >= 0.3 is 0 Å². The van der Waals surface area contributed by atoms with Crippen LogP contribution >= 0.6 is 0 Å². The first-order valence-corrected chi connectivity index (χ1v) is 5.95. The summed E-state index contributed by atoms with van der Waals surface area (Å²) in [6.45, 7) is 6.85. The van der Waals surface area contributed by atoms with Crippen LogP contribution in [-0.4, -0.2) is 44.4 Å². The topological polar surface area (TPSA) is 21.7 Å². The zero-order valence-electron chi connectivity index (χ0n) is 10.1. The van der Waals surface area contributed by atoms with Gasteiger partial charge in [-0.1, -0.05) is 6.07 Å². The van der Waals surface area contributed by atoms with E-state index < -0.39 is 0 Å². The molecule has 0 aliphatic carbocycles. The first kappa shape index (κ1) is 12.3. The fourth-order valence-electron chi connectivity index (χ4n) is 1.84. The third-order valence-corrected chi connectivity index (χ3v) is 2.92. The van der Waals surface area contributed by atoms with Gasteiger partial charge in [0.15, 0.2) is 0 Å². The normalized spacial score (nSPS) is 17.1. The molecular formula is C13H18FNO2. The number of morpholine rings is 1. The molecule has 0 atom stereocenters. The van der Waals surface area contributed by atoms with Crippen LogP contribution in [0.15, 0.2) is 18.2 Å². The molecule has 0 spiro atoms. The quantitative estimate of drug-likeness (QED) is 0.800. The van der Waals surface area contributed by atoms with Gasteiger partial charge < -0.3 is 9.47 Å². The monoisotopic (exact) mass is 239 g/mol. The molecule has 2 rings (SSSR count). The average Bonchev–Trinajstić information content (AvgIpc) is 2.35. The summed E-state index contributed by atoms with van der Waals surface area (Å²) in [7, 11) is 0. The summed E-state index contributed by atoms with van der Waals surface area (Å²) in [6, 6.07) is 4.62. The predicted octanol–water partition coefficient (Wildman–Crippen LogP) is 1.85. The van der Waals surface area contributed by atoms with Gasteiger partial charge in [-0.05, 0) is 18.6 Å². The molecule has 1 aromatic carbocycles. The van der Waals surface area contributed by atoms with Crippen LogP contribution in [0.2, 0.25) is 0 Å². The Morgan fingerprint density at radius 3 is 2.88 bits per heavy atom. The van der Waals surface area contributed by atoms with Gasteiger partial charge in [0, 0.05) is 25.7 Å². The highest BCUT2D eigenvalue weighted by Crippen LogP contribution is 2.18. The van der Waals surface area contributed by atoms with E-state index in [0.717, 1.165) is 38.4 Å². The molecule has 0 unspecified atom stereocenters. The Kier molecular flexibility index (Phi) is 4.34. The highest BCUT2D eigenvalue weighted by atomic mass is 19.1. The lowest BCUT2D eigenvalue weighted by atomic mass is 10.2. The van der Waals surface area contributed by atoms with Crippen molar-refractivity contribution in [2.75, 3.05) is 39.5 Å². The molecule has 94 valence electrons. The maximum absolute atomic E-state index is 13.0. The molecule has 0 saturated carbocycles. The fraction of sp³-hybridized carbons (Fsp3) is 0.538. The minimum atomic E-state index is -0.253. The van der Waals surface area contributed by atoms with E-state index in [1.807, 2.05) is 6.92 Å². The van der Waals surface area contributed by atoms with Crippen LogP contribution in [0.1, 0.15) is 5.56 Å². The average molecular weight is 239 g/mol. The molecule has 1 aliphatic rings. The molecular weight excluding hydrogens is 221 g/mol. The lowest BCUT2D eigenvalue weighted by Crippen LogP contribution is -2.38. The standard InChI is InChI=1S/C13H18FNO2/c1-11-2-3-12(14)10-13(11)17-9-6-15-4-7-16-8-5-15/h2-3,10H,4-9H2,1H3. The third kappa shape index (κ3) is 3.68. The number of halogens is 1. The molecule has 0 amide bonds. The molecule has 1 aromatic rings. The van der Waals surface area contributed by atoms with Crippen LogP contribution in [-0.2, 0) is 4.74 Å². The van der Waals surface area contributed by atoms with E-state index in [1.165, 1.54) is 12.1 Å². The van der Waals surface area contributed by atoms with Crippen LogP contribution in [0.25, 0.3) is 0 Å². The van der Waals surface area contributed by atoms with Crippen molar-refractivity contribution < 1.29 is 13.9 Å². The molecule has 4 heteroatoms. The maximum Gasteiger partial charge on any atom is 0.126 e. The van der Waals surface area contributed by atoms with Crippen LogP contribution in [0, 0.1) is 12.7 Å². The van der Waals surface area contributed by atoms with Crippen molar-refractivity contribution in [1.29, 1.82) is 0 Å². The molecule has 0 N–H and O–H groups in total. The van der Waals surface area contributed by atoms with E-state index in [-0.39, 0.29) is 5.82 Å². The fourth-order valence-corrected chi connectivity index (χ4v) is 1.84. The first-order valence-electron chi connectivity index (χ1n) is 5.95. The molecule has 3 nitrogen and oxygen atoms in total. The Morgan fingerprint density at radius 2 is 2.12 bits per heavy atom. The second-order valence-corrected chi connectivity index (χ2v) is 4.21. The zero-order valence-corrected chi connectivity index (χ0v) is 10.1. The van der Waals surface area contributed by atoms with Gasteiger partial charge in [0.05, 0.1) is 13.2 Å². The van der Waals surface area contributed by atoms with Crippen molar-refractivity contribution >= 4 is 0 Å². The van der Waals surface area contributed by atoms with Crippen LogP contribution in [0.4, 0.5) is 4.39 Å². The molecule has 17 heavy (non-hydrogen) atoms. The first-order chi connectivity index (χ1) is 8.25. The van der Waals surface area contributed by atoms with Gasteiger partial charge in [-0.15, -0.1) is 0 Å². The molecule has 0 aromatic heterocycles. The van der Waals surface area contributed by atoms with Crippen molar-refractivity contribution in [1.82, 2.24) is 4.90 Å². The van der Waals surface area contributed by atoms with Gasteiger partial charge in [0.25, 0.3) is 0 Å². The molecule has 0 bridgehead atoms. The Bertz CT molecular complexity index is 364. The van der Waals surface area contributed by atoms with Gasteiger partial charge in [0.2, 0.25) is 0 Å². The number of nitrogens with zero attached hydrogens (tertiary/aromatic N) is 1. The minimum absolute atomic E-state index is 0.253.